The molecule has 2 rings (SSSR count). The largest absolute Gasteiger partial charge is 0.507 e. The number of benzene rings is 2. The van der Waals surface area contributed by atoms with E-state index >= 15 is 0 Å². The van der Waals surface area contributed by atoms with Crippen LogP contribution >= 0.6 is 0 Å². The van der Waals surface area contributed by atoms with Gasteiger partial charge in [-0.25, -0.2) is 8.78 Å². The van der Waals surface area contributed by atoms with E-state index in [-0.39, 0.29) is 11.4 Å². The fraction of sp³-hybridized carbons (Fsp3) is 0.188. The molecule has 2 aromatic rings. The molecule has 0 aliphatic heterocycles. The van der Waals surface area contributed by atoms with Crippen LogP contribution in [0.3, 0.4) is 0 Å². The van der Waals surface area contributed by atoms with Crippen molar-refractivity contribution in [3.63, 3.8) is 0 Å². The summed E-state index contributed by atoms with van der Waals surface area (Å²) in [4.78, 5) is 4.03. The lowest BCUT2D eigenvalue weighted by Crippen LogP contribution is -2.37. The van der Waals surface area contributed by atoms with Gasteiger partial charge >= 0.3 is 0 Å². The van der Waals surface area contributed by atoms with E-state index < -0.39 is 19.7 Å². The van der Waals surface area contributed by atoms with Gasteiger partial charge in [-0.05, 0) is 23.4 Å². The van der Waals surface area contributed by atoms with Gasteiger partial charge < -0.3 is 5.11 Å². The van der Waals surface area contributed by atoms with Crippen LogP contribution < -0.4 is 5.19 Å². The second-order valence-corrected chi connectivity index (χ2v) is 10.9. The number of halogens is 2. The molecule has 0 unspecified atom stereocenters. The lowest BCUT2D eigenvalue weighted by atomic mass is 10.2. The Bertz CT molecular complexity index is 673. The predicted octanol–water partition coefficient (Wildman–Crippen LogP) is 3.97. The number of aromatic hydroxyl groups is 1. The normalized spacial score (nSPS) is 12.0. The summed E-state index contributed by atoms with van der Waals surface area (Å²) in [7, 11) is -1.67. The first-order valence-electron chi connectivity index (χ1n) is 6.60. The van der Waals surface area contributed by atoms with Crippen molar-refractivity contribution in [1.82, 2.24) is 0 Å². The molecule has 0 radical (unpaired) electrons. The van der Waals surface area contributed by atoms with Crippen LogP contribution in [0.4, 0.5) is 14.5 Å². The van der Waals surface area contributed by atoms with E-state index in [0.29, 0.717) is 5.56 Å². The van der Waals surface area contributed by atoms with Gasteiger partial charge in [-0.15, -0.1) is 0 Å². The molecule has 2 aromatic carbocycles. The molecule has 0 aliphatic carbocycles. The Morgan fingerprint density at radius 1 is 1.05 bits per heavy atom. The number of phenols is 1. The third-order valence-corrected chi connectivity index (χ3v) is 5.09. The zero-order chi connectivity index (χ0) is 15.6. The minimum absolute atomic E-state index is 0.172. The quantitative estimate of drug-likeness (QED) is 0.675. The van der Waals surface area contributed by atoms with Crippen molar-refractivity contribution in [1.29, 1.82) is 0 Å². The predicted molar refractivity (Wildman–Crippen MR) is 84.7 cm³/mol. The highest BCUT2D eigenvalue weighted by Crippen LogP contribution is 2.20. The standard InChI is InChI=1S/C16H17F2NOSi/c1-21(2,3)15-6-4-5-11(16(15)20)10-19-14-8-12(17)7-13(18)9-14/h4-10,20H,1-3H3. The summed E-state index contributed by atoms with van der Waals surface area (Å²) in [6.45, 7) is 6.39. The second-order valence-electron chi connectivity index (χ2n) is 5.88. The third kappa shape index (κ3) is 3.76. The number of aliphatic imine (C=N–C) groups is 1. The number of para-hydroxylation sites is 1. The third-order valence-electron chi connectivity index (χ3n) is 3.08. The van der Waals surface area contributed by atoms with Crippen molar-refractivity contribution in [3.05, 3.63) is 53.6 Å². The summed E-state index contributed by atoms with van der Waals surface area (Å²) in [5, 5.41) is 11.2. The molecule has 0 aromatic heterocycles. The maximum Gasteiger partial charge on any atom is 0.128 e. The van der Waals surface area contributed by atoms with E-state index in [1.165, 1.54) is 6.21 Å². The molecule has 2 nitrogen and oxygen atoms in total. The molecule has 5 heteroatoms. The maximum atomic E-state index is 13.1. The molecule has 0 bridgehead atoms. The molecule has 0 amide bonds. The summed E-state index contributed by atoms with van der Waals surface area (Å²) in [5.41, 5.74) is 0.713. The Balaban J connectivity index is 2.38. The van der Waals surface area contributed by atoms with Crippen molar-refractivity contribution < 1.29 is 13.9 Å². The molecule has 0 heterocycles. The van der Waals surface area contributed by atoms with Gasteiger partial charge in [-0.3, -0.25) is 4.99 Å². The van der Waals surface area contributed by atoms with Crippen molar-refractivity contribution in [2.24, 2.45) is 4.99 Å². The summed E-state index contributed by atoms with van der Waals surface area (Å²) in [5.74, 6) is -1.17. The van der Waals surface area contributed by atoms with Crippen LogP contribution in [0.25, 0.3) is 0 Å². The lowest BCUT2D eigenvalue weighted by Gasteiger charge is -2.18. The van der Waals surface area contributed by atoms with E-state index in [1.54, 1.807) is 6.07 Å². The van der Waals surface area contributed by atoms with Crippen LogP contribution in [-0.2, 0) is 0 Å². The molecule has 1 N–H and O–H groups in total. The summed E-state index contributed by atoms with van der Waals surface area (Å²) >= 11 is 0. The minimum Gasteiger partial charge on any atom is -0.507 e. The Hall–Kier alpha value is -2.01. The van der Waals surface area contributed by atoms with Crippen LogP contribution in [-0.4, -0.2) is 19.4 Å². The Kier molecular flexibility index (Phi) is 4.23. The molecule has 110 valence electrons. The molecule has 0 saturated heterocycles. The average Bonchev–Trinajstić information content (AvgIpc) is 2.35. The maximum absolute atomic E-state index is 13.1. The minimum atomic E-state index is -1.67. The number of phenolic OH excluding ortho intramolecular Hbond substituents is 1. The van der Waals surface area contributed by atoms with Gasteiger partial charge in [0.15, 0.2) is 0 Å². The Morgan fingerprint density at radius 2 is 1.67 bits per heavy atom. The van der Waals surface area contributed by atoms with E-state index in [4.69, 9.17) is 0 Å². The zero-order valence-electron chi connectivity index (χ0n) is 12.2. The number of hydrogen-bond acceptors (Lipinski definition) is 2. The van der Waals surface area contributed by atoms with Gasteiger partial charge in [0, 0.05) is 17.8 Å². The number of rotatable bonds is 3. The highest BCUT2D eigenvalue weighted by Gasteiger charge is 2.21. The van der Waals surface area contributed by atoms with Crippen LogP contribution in [0, 0.1) is 11.6 Å². The van der Waals surface area contributed by atoms with Crippen LogP contribution in [0.2, 0.25) is 19.6 Å². The first-order valence-corrected chi connectivity index (χ1v) is 10.1. The van der Waals surface area contributed by atoms with Gasteiger partial charge in [0.1, 0.15) is 17.4 Å². The van der Waals surface area contributed by atoms with Crippen LogP contribution in [0.1, 0.15) is 5.56 Å². The van der Waals surface area contributed by atoms with E-state index in [9.17, 15) is 13.9 Å². The highest BCUT2D eigenvalue weighted by molar-refractivity contribution is 6.89. The summed E-state index contributed by atoms with van der Waals surface area (Å²) in [6, 6.07) is 8.54. The molecule has 0 atom stereocenters. The SMILES string of the molecule is C[Si](C)(C)c1cccc(C=Nc2cc(F)cc(F)c2)c1O. The zero-order valence-corrected chi connectivity index (χ0v) is 13.2. The number of hydrogen-bond donors (Lipinski definition) is 1. The van der Waals surface area contributed by atoms with Gasteiger partial charge in [-0.2, -0.15) is 0 Å². The molecular formula is C16H17F2NOSi. The van der Waals surface area contributed by atoms with Gasteiger partial charge in [0.05, 0.1) is 13.8 Å². The molecular weight excluding hydrogens is 288 g/mol. The molecule has 0 saturated carbocycles. The van der Waals surface area contributed by atoms with Gasteiger partial charge in [-0.1, -0.05) is 31.8 Å². The summed E-state index contributed by atoms with van der Waals surface area (Å²) in [6.07, 6.45) is 1.42. The highest BCUT2D eigenvalue weighted by atomic mass is 28.3. The van der Waals surface area contributed by atoms with Crippen molar-refractivity contribution in [2.75, 3.05) is 0 Å². The van der Waals surface area contributed by atoms with Gasteiger partial charge in [0.25, 0.3) is 0 Å². The monoisotopic (exact) mass is 305 g/mol. The van der Waals surface area contributed by atoms with Crippen LogP contribution in [0.5, 0.6) is 5.75 Å². The lowest BCUT2D eigenvalue weighted by molar-refractivity contribution is 0.478. The van der Waals surface area contributed by atoms with Gasteiger partial charge in [0.2, 0.25) is 0 Å². The smallest absolute Gasteiger partial charge is 0.128 e. The van der Waals surface area contributed by atoms with E-state index in [0.717, 1.165) is 23.4 Å². The molecule has 21 heavy (non-hydrogen) atoms. The van der Waals surface area contributed by atoms with Crippen molar-refractivity contribution in [2.45, 2.75) is 19.6 Å². The second kappa shape index (κ2) is 5.77. The van der Waals surface area contributed by atoms with Crippen molar-refractivity contribution in [3.8, 4) is 5.75 Å². The van der Waals surface area contributed by atoms with E-state index in [2.05, 4.69) is 24.6 Å². The van der Waals surface area contributed by atoms with E-state index in [1.807, 2.05) is 12.1 Å². The van der Waals surface area contributed by atoms with Crippen LogP contribution in [0.15, 0.2) is 41.4 Å². The number of nitrogens with zero attached hydrogens (tertiary/aromatic N) is 1. The summed E-state index contributed by atoms with van der Waals surface area (Å²) < 4.78 is 26.2. The van der Waals surface area contributed by atoms with Crippen molar-refractivity contribution >= 4 is 25.2 Å². The Labute approximate surface area is 123 Å². The fourth-order valence-corrected chi connectivity index (χ4v) is 3.48. The average molecular weight is 305 g/mol. The molecule has 0 fully saturated rings. The first kappa shape index (κ1) is 15.4. The first-order chi connectivity index (χ1) is 9.77. The Morgan fingerprint density at radius 3 is 2.24 bits per heavy atom. The fourth-order valence-electron chi connectivity index (χ4n) is 2.03. The molecule has 0 spiro atoms. The topological polar surface area (TPSA) is 32.6 Å². The molecule has 0 aliphatic rings.